The number of carbonyl (C=O) groups excluding carboxylic acids is 3. The summed E-state index contributed by atoms with van der Waals surface area (Å²) < 4.78 is 11.8. The van der Waals surface area contributed by atoms with Gasteiger partial charge in [-0.05, 0) is 83.6 Å². The van der Waals surface area contributed by atoms with Crippen molar-refractivity contribution in [1.82, 2.24) is 24.9 Å². The molecule has 6 rings (SSSR count). The predicted octanol–water partition coefficient (Wildman–Crippen LogP) is 5.72. The molecule has 11 heteroatoms. The molecule has 0 radical (unpaired) electrons. The molecule has 3 amide bonds. The second-order valence-corrected chi connectivity index (χ2v) is 15.0. The van der Waals surface area contributed by atoms with Crippen molar-refractivity contribution in [3.8, 4) is 16.9 Å². The monoisotopic (exact) mass is 670 g/mol. The zero-order chi connectivity index (χ0) is 34.8. The first-order valence-corrected chi connectivity index (χ1v) is 17.6. The highest BCUT2D eigenvalue weighted by molar-refractivity contribution is 5.85. The fourth-order valence-electron chi connectivity index (χ4n) is 6.71. The number of benzene rings is 2. The van der Waals surface area contributed by atoms with Crippen molar-refractivity contribution in [3.05, 3.63) is 66.5 Å². The van der Waals surface area contributed by atoms with E-state index in [1.807, 2.05) is 57.4 Å². The van der Waals surface area contributed by atoms with Crippen LogP contribution in [0.25, 0.3) is 11.1 Å². The van der Waals surface area contributed by atoms with Crippen LogP contribution >= 0.6 is 0 Å². The molecule has 3 heterocycles. The number of anilines is 1. The topological polar surface area (TPSA) is 111 Å². The van der Waals surface area contributed by atoms with Crippen LogP contribution < -0.4 is 9.64 Å². The molecule has 3 aromatic rings. The van der Waals surface area contributed by atoms with Crippen molar-refractivity contribution >= 4 is 23.6 Å². The minimum Gasteiger partial charge on any atom is -0.478 e. The van der Waals surface area contributed by atoms with Gasteiger partial charge in [-0.2, -0.15) is 5.10 Å². The van der Waals surface area contributed by atoms with Gasteiger partial charge in [-0.15, -0.1) is 0 Å². The number of H-pyrrole nitrogens is 1. The lowest BCUT2D eigenvalue weighted by atomic mass is 9.95. The Morgan fingerprint density at radius 3 is 2.27 bits per heavy atom. The summed E-state index contributed by atoms with van der Waals surface area (Å²) in [7, 11) is 0. The second-order valence-electron chi connectivity index (χ2n) is 15.0. The normalized spacial score (nSPS) is 18.6. The number of aromatic amines is 1. The van der Waals surface area contributed by atoms with E-state index in [0.717, 1.165) is 54.6 Å². The van der Waals surface area contributed by atoms with E-state index in [4.69, 9.17) is 9.47 Å². The summed E-state index contributed by atoms with van der Waals surface area (Å²) in [6, 6.07) is 16.6. The SMILES string of the molecule is CC(C)(C)OC(=O)N1CCN(C(=O)C(C)(C)Oc2cccc(N3CCC[C@H](C(=O)N(Cc4ccc(-c5cn[nH]c5)cc4)C4CC4)C3)c2)CC1. The molecule has 11 nitrogen and oxygen atoms in total. The highest BCUT2D eigenvalue weighted by Gasteiger charge is 2.39. The maximum Gasteiger partial charge on any atom is 0.410 e. The molecule has 0 unspecified atom stereocenters. The average molecular weight is 671 g/mol. The number of rotatable bonds is 9. The van der Waals surface area contributed by atoms with Gasteiger partial charge in [-0.3, -0.25) is 14.7 Å². The van der Waals surface area contributed by atoms with Crippen molar-refractivity contribution in [3.63, 3.8) is 0 Å². The highest BCUT2D eigenvalue weighted by atomic mass is 16.6. The average Bonchev–Trinajstić information content (AvgIpc) is 3.78. The summed E-state index contributed by atoms with van der Waals surface area (Å²) in [4.78, 5) is 47.8. The van der Waals surface area contributed by atoms with E-state index in [9.17, 15) is 14.4 Å². The van der Waals surface area contributed by atoms with Gasteiger partial charge in [0.1, 0.15) is 11.4 Å². The molecule has 3 aliphatic rings. The first-order valence-electron chi connectivity index (χ1n) is 17.6. The van der Waals surface area contributed by atoms with E-state index >= 15 is 0 Å². The number of ether oxygens (including phenoxy) is 2. The molecule has 2 aliphatic heterocycles. The molecule has 0 spiro atoms. The van der Waals surface area contributed by atoms with Crippen LogP contribution in [0.2, 0.25) is 0 Å². The molecule has 0 bridgehead atoms. The van der Waals surface area contributed by atoms with E-state index in [1.54, 1.807) is 23.6 Å². The first-order chi connectivity index (χ1) is 23.4. The van der Waals surface area contributed by atoms with Crippen LogP contribution in [0.15, 0.2) is 60.9 Å². The standard InChI is InChI=1S/C38H50N6O5/c1-37(2,3)49-36(47)42-20-18-41(19-21-42)35(46)38(4,5)48-33-10-6-9-32(22-33)43-17-7-8-29(26-43)34(45)44(31-15-16-31)25-27-11-13-28(14-12-27)30-23-39-40-24-30/h6,9-14,22-24,29,31H,7-8,15-21,25-26H2,1-5H3,(H,39,40)/t29-/m0/s1. The Kier molecular flexibility index (Phi) is 9.90. The number of amides is 3. The van der Waals surface area contributed by atoms with Gasteiger partial charge in [-0.25, -0.2) is 4.79 Å². The Morgan fingerprint density at radius 2 is 1.61 bits per heavy atom. The van der Waals surface area contributed by atoms with Gasteiger partial charge in [0.05, 0.1) is 12.1 Å². The molecular weight excluding hydrogens is 620 g/mol. The van der Waals surface area contributed by atoms with Crippen molar-refractivity contribution in [2.45, 2.75) is 84.1 Å². The first kappa shape index (κ1) is 34.3. The predicted molar refractivity (Wildman–Crippen MR) is 188 cm³/mol. The second kappa shape index (κ2) is 14.1. The smallest absolute Gasteiger partial charge is 0.410 e. The third-order valence-corrected chi connectivity index (χ3v) is 9.47. The maximum absolute atomic E-state index is 14.0. The molecular formula is C38H50N6O5. The van der Waals surface area contributed by atoms with Gasteiger partial charge in [0.15, 0.2) is 5.60 Å². The number of nitrogens with one attached hydrogen (secondary N) is 1. The van der Waals surface area contributed by atoms with E-state index in [2.05, 4.69) is 44.3 Å². The largest absolute Gasteiger partial charge is 0.478 e. The zero-order valence-corrected chi connectivity index (χ0v) is 29.5. The quantitative estimate of drug-likeness (QED) is 0.310. The summed E-state index contributed by atoms with van der Waals surface area (Å²) in [5, 5.41) is 6.91. The van der Waals surface area contributed by atoms with Crippen LogP contribution in [-0.4, -0.2) is 99.3 Å². The molecule has 262 valence electrons. The van der Waals surface area contributed by atoms with E-state index in [0.29, 0.717) is 51.1 Å². The molecule has 1 saturated carbocycles. The Morgan fingerprint density at radius 1 is 0.898 bits per heavy atom. The Hall–Kier alpha value is -4.54. The fraction of sp³-hybridized carbons (Fsp3) is 0.526. The number of piperazine rings is 1. The minimum atomic E-state index is -1.10. The van der Waals surface area contributed by atoms with Crippen LogP contribution in [0.4, 0.5) is 10.5 Å². The van der Waals surface area contributed by atoms with Gasteiger partial charge in [-0.1, -0.05) is 30.3 Å². The van der Waals surface area contributed by atoms with Crippen LogP contribution in [0.5, 0.6) is 5.75 Å². The van der Waals surface area contributed by atoms with E-state index < -0.39 is 11.2 Å². The highest BCUT2D eigenvalue weighted by Crippen LogP contribution is 2.34. The molecule has 49 heavy (non-hydrogen) atoms. The third kappa shape index (κ3) is 8.55. The number of hydrogen-bond acceptors (Lipinski definition) is 7. The van der Waals surface area contributed by atoms with Gasteiger partial charge < -0.3 is 29.1 Å². The number of hydrogen-bond donors (Lipinski definition) is 1. The van der Waals surface area contributed by atoms with Crippen molar-refractivity contribution < 1.29 is 23.9 Å². The molecule has 2 aromatic carbocycles. The summed E-state index contributed by atoms with van der Waals surface area (Å²) in [6.45, 7) is 12.9. The Labute approximate surface area is 289 Å². The summed E-state index contributed by atoms with van der Waals surface area (Å²) in [6.07, 6.45) is 7.25. The minimum absolute atomic E-state index is 0.0820. The number of piperidine rings is 1. The Bertz CT molecular complexity index is 1600. The third-order valence-electron chi connectivity index (χ3n) is 9.47. The van der Waals surface area contributed by atoms with Crippen LogP contribution in [-0.2, 0) is 20.9 Å². The van der Waals surface area contributed by atoms with E-state index in [-0.39, 0.29) is 23.8 Å². The van der Waals surface area contributed by atoms with Crippen LogP contribution in [0.1, 0.15) is 65.9 Å². The van der Waals surface area contributed by atoms with Crippen molar-refractivity contribution in [2.75, 3.05) is 44.2 Å². The van der Waals surface area contributed by atoms with Gasteiger partial charge in [0.25, 0.3) is 5.91 Å². The number of aromatic nitrogens is 2. The number of nitrogens with zero attached hydrogens (tertiary/aromatic N) is 5. The molecule has 1 aliphatic carbocycles. The summed E-state index contributed by atoms with van der Waals surface area (Å²) in [5.41, 5.74) is 2.59. The fourth-order valence-corrected chi connectivity index (χ4v) is 6.71. The van der Waals surface area contributed by atoms with Crippen molar-refractivity contribution in [2.24, 2.45) is 5.92 Å². The summed E-state index contributed by atoms with van der Waals surface area (Å²) >= 11 is 0. The summed E-state index contributed by atoms with van der Waals surface area (Å²) in [5.74, 6) is 0.635. The molecule has 2 saturated heterocycles. The van der Waals surface area contributed by atoms with Gasteiger partial charge in [0, 0.05) is 75.4 Å². The maximum atomic E-state index is 14.0. The molecule has 1 aromatic heterocycles. The lowest BCUT2D eigenvalue weighted by Gasteiger charge is -2.39. The number of carbonyl (C=O) groups is 3. The molecule has 3 fully saturated rings. The lowest BCUT2D eigenvalue weighted by molar-refractivity contribution is -0.147. The lowest BCUT2D eigenvalue weighted by Crippen LogP contribution is -2.57. The molecule has 1 atom stereocenters. The zero-order valence-electron chi connectivity index (χ0n) is 29.5. The molecule has 1 N–H and O–H groups in total. The Balaban J connectivity index is 1.05. The van der Waals surface area contributed by atoms with E-state index in [1.165, 1.54) is 0 Å². The van der Waals surface area contributed by atoms with Crippen LogP contribution in [0, 0.1) is 5.92 Å². The van der Waals surface area contributed by atoms with Gasteiger partial charge >= 0.3 is 6.09 Å². The van der Waals surface area contributed by atoms with Gasteiger partial charge in [0.2, 0.25) is 5.91 Å². The van der Waals surface area contributed by atoms with Crippen molar-refractivity contribution in [1.29, 1.82) is 0 Å². The van der Waals surface area contributed by atoms with Crippen LogP contribution in [0.3, 0.4) is 0 Å².